The fourth-order valence-electron chi connectivity index (χ4n) is 1.94. The van der Waals surface area contributed by atoms with Crippen LogP contribution in [0.2, 0.25) is 0 Å². The number of hydrogen-bond donors (Lipinski definition) is 2. The number of anilines is 1. The Morgan fingerprint density at radius 1 is 1.24 bits per heavy atom. The van der Waals surface area contributed by atoms with Gasteiger partial charge in [-0.15, -0.1) is 0 Å². The zero-order valence-corrected chi connectivity index (χ0v) is 11.5. The quantitative estimate of drug-likeness (QED) is 0.907. The second kappa shape index (κ2) is 6.30. The molecule has 3 N–H and O–H groups in total. The molecule has 0 aliphatic carbocycles. The van der Waals surface area contributed by atoms with Gasteiger partial charge in [-0.1, -0.05) is 0 Å². The summed E-state index contributed by atoms with van der Waals surface area (Å²) in [6.45, 7) is 2.02. The summed E-state index contributed by atoms with van der Waals surface area (Å²) in [6, 6.07) is 4.88. The van der Waals surface area contributed by atoms with E-state index in [-0.39, 0.29) is 18.0 Å². The van der Waals surface area contributed by atoms with Gasteiger partial charge in [0.1, 0.15) is 11.6 Å². The first kappa shape index (κ1) is 14.9. The predicted octanol–water partition coefficient (Wildman–Crippen LogP) is 2.22. The molecule has 0 spiro atoms. The van der Waals surface area contributed by atoms with Crippen LogP contribution >= 0.6 is 0 Å². The number of carbonyl (C=O) groups is 1. The number of nitrogens with zero attached hydrogens (tertiary/aromatic N) is 1. The van der Waals surface area contributed by atoms with Gasteiger partial charge < -0.3 is 11.1 Å². The maximum Gasteiger partial charge on any atom is 0.254 e. The molecule has 0 bridgehead atoms. The molecule has 0 saturated carbocycles. The molecule has 0 fully saturated rings. The van der Waals surface area contributed by atoms with Crippen molar-refractivity contribution in [3.8, 4) is 0 Å². The number of halogens is 2. The number of nitrogens with two attached hydrogens (primary N) is 1. The molecule has 21 heavy (non-hydrogen) atoms. The lowest BCUT2D eigenvalue weighted by Gasteiger charge is -2.08. The number of pyridine rings is 1. The lowest BCUT2D eigenvalue weighted by molar-refractivity contribution is 0.0954. The maximum absolute atomic E-state index is 13.0. The third-order valence-electron chi connectivity index (χ3n) is 2.94. The molecule has 1 amide bonds. The smallest absolute Gasteiger partial charge is 0.254 e. The number of hydrogen-bond acceptors (Lipinski definition) is 3. The Hall–Kier alpha value is -2.50. The molecular weight excluding hydrogens is 276 g/mol. The minimum atomic E-state index is -0.636. The lowest BCUT2D eigenvalue weighted by atomic mass is 10.1. The average Bonchev–Trinajstić information content (AvgIpc) is 2.37. The van der Waals surface area contributed by atoms with Crippen LogP contribution in [0.3, 0.4) is 0 Å². The Kier molecular flexibility index (Phi) is 4.47. The molecule has 0 unspecified atom stereocenters. The van der Waals surface area contributed by atoms with Crippen molar-refractivity contribution in [1.82, 2.24) is 10.3 Å². The van der Waals surface area contributed by atoms with Gasteiger partial charge in [0.2, 0.25) is 0 Å². The van der Waals surface area contributed by atoms with Crippen LogP contribution < -0.4 is 11.1 Å². The summed E-state index contributed by atoms with van der Waals surface area (Å²) in [5.41, 5.74) is 7.57. The minimum absolute atomic E-state index is 0.245. The van der Waals surface area contributed by atoms with Crippen LogP contribution in [0.25, 0.3) is 0 Å². The van der Waals surface area contributed by atoms with Gasteiger partial charge in [-0.2, -0.15) is 0 Å². The highest BCUT2D eigenvalue weighted by Gasteiger charge is 2.10. The summed E-state index contributed by atoms with van der Waals surface area (Å²) in [4.78, 5) is 15.9. The van der Waals surface area contributed by atoms with Crippen LogP contribution in [0.15, 0.2) is 30.5 Å². The van der Waals surface area contributed by atoms with Crippen LogP contribution in [-0.2, 0) is 6.42 Å². The third kappa shape index (κ3) is 3.98. The number of nitrogen functional groups attached to an aromatic ring is 1. The van der Waals surface area contributed by atoms with E-state index in [1.165, 1.54) is 18.3 Å². The molecule has 1 aromatic heterocycles. The second-order valence-electron chi connectivity index (χ2n) is 4.70. The summed E-state index contributed by atoms with van der Waals surface area (Å²) in [7, 11) is 0. The largest absolute Gasteiger partial charge is 0.398 e. The van der Waals surface area contributed by atoms with Crippen molar-refractivity contribution in [2.45, 2.75) is 13.3 Å². The van der Waals surface area contributed by atoms with E-state index in [0.29, 0.717) is 17.7 Å². The Labute approximate surface area is 121 Å². The number of amides is 1. The average molecular weight is 291 g/mol. The van der Waals surface area contributed by atoms with Crippen LogP contribution in [0.4, 0.5) is 14.5 Å². The van der Waals surface area contributed by atoms with E-state index in [4.69, 9.17) is 5.73 Å². The Morgan fingerprint density at radius 2 is 1.90 bits per heavy atom. The number of aromatic nitrogens is 1. The number of benzene rings is 1. The van der Waals surface area contributed by atoms with Crippen molar-refractivity contribution in [1.29, 1.82) is 0 Å². The van der Waals surface area contributed by atoms with Crippen molar-refractivity contribution < 1.29 is 13.6 Å². The van der Waals surface area contributed by atoms with Crippen LogP contribution in [0.1, 0.15) is 21.6 Å². The van der Waals surface area contributed by atoms with Gasteiger partial charge in [-0.05, 0) is 37.1 Å². The molecule has 2 aromatic rings. The molecule has 6 heteroatoms. The lowest BCUT2D eigenvalue weighted by Crippen LogP contribution is -2.26. The molecular formula is C15H15F2N3O. The normalized spacial score (nSPS) is 10.4. The van der Waals surface area contributed by atoms with Crippen molar-refractivity contribution in [3.63, 3.8) is 0 Å². The molecule has 1 aromatic carbocycles. The Morgan fingerprint density at radius 3 is 2.52 bits per heavy atom. The van der Waals surface area contributed by atoms with E-state index in [0.717, 1.165) is 11.8 Å². The molecule has 0 saturated heterocycles. The SMILES string of the molecule is Cc1cc(N)c(C(=O)NCCc2cc(F)cc(F)c2)cn1. The highest BCUT2D eigenvalue weighted by molar-refractivity contribution is 5.98. The van der Waals surface area contributed by atoms with Crippen molar-refractivity contribution in [2.75, 3.05) is 12.3 Å². The van der Waals surface area contributed by atoms with Crippen molar-refractivity contribution in [3.05, 3.63) is 58.9 Å². The van der Waals surface area contributed by atoms with Gasteiger partial charge in [0.05, 0.1) is 5.56 Å². The van der Waals surface area contributed by atoms with Crippen LogP contribution in [0, 0.1) is 18.6 Å². The van der Waals surface area contributed by atoms with Crippen LogP contribution in [0.5, 0.6) is 0 Å². The van der Waals surface area contributed by atoms with Gasteiger partial charge in [-0.3, -0.25) is 9.78 Å². The Balaban J connectivity index is 1.95. The van der Waals surface area contributed by atoms with Crippen molar-refractivity contribution >= 4 is 11.6 Å². The zero-order chi connectivity index (χ0) is 15.4. The molecule has 1 heterocycles. The van der Waals surface area contributed by atoms with Gasteiger partial charge in [0, 0.05) is 30.2 Å². The number of aryl methyl sites for hydroxylation is 1. The van der Waals surface area contributed by atoms with E-state index < -0.39 is 11.6 Å². The van der Waals surface area contributed by atoms with Gasteiger partial charge in [0.25, 0.3) is 5.91 Å². The molecule has 110 valence electrons. The standard InChI is InChI=1S/C15H15F2N3O/c1-9-4-14(18)13(8-20-9)15(21)19-3-2-10-5-11(16)7-12(17)6-10/h4-8H,2-3H2,1H3,(H2,18,20)(H,19,21). The molecule has 4 nitrogen and oxygen atoms in total. The van der Waals surface area contributed by atoms with E-state index >= 15 is 0 Å². The van der Waals surface area contributed by atoms with E-state index in [1.54, 1.807) is 13.0 Å². The summed E-state index contributed by atoms with van der Waals surface area (Å²) in [5.74, 6) is -1.64. The van der Waals surface area contributed by atoms with E-state index in [1.807, 2.05) is 0 Å². The number of rotatable bonds is 4. The van der Waals surface area contributed by atoms with Gasteiger partial charge in [0.15, 0.2) is 0 Å². The van der Waals surface area contributed by atoms with E-state index in [2.05, 4.69) is 10.3 Å². The summed E-state index contributed by atoms with van der Waals surface area (Å²) < 4.78 is 26.0. The first-order chi connectivity index (χ1) is 9.95. The third-order valence-corrected chi connectivity index (χ3v) is 2.94. The van der Waals surface area contributed by atoms with Gasteiger partial charge >= 0.3 is 0 Å². The first-order valence-corrected chi connectivity index (χ1v) is 6.41. The van der Waals surface area contributed by atoms with Crippen LogP contribution in [-0.4, -0.2) is 17.4 Å². The predicted molar refractivity (Wildman–Crippen MR) is 75.8 cm³/mol. The molecule has 0 aliphatic rings. The van der Waals surface area contributed by atoms with Gasteiger partial charge in [-0.25, -0.2) is 8.78 Å². The molecule has 0 atom stereocenters. The number of nitrogens with one attached hydrogen (secondary N) is 1. The number of carbonyl (C=O) groups excluding carboxylic acids is 1. The fourth-order valence-corrected chi connectivity index (χ4v) is 1.94. The van der Waals surface area contributed by atoms with Crippen molar-refractivity contribution in [2.24, 2.45) is 0 Å². The minimum Gasteiger partial charge on any atom is -0.398 e. The summed E-state index contributed by atoms with van der Waals surface area (Å²) >= 11 is 0. The fraction of sp³-hybridized carbons (Fsp3) is 0.200. The Bertz CT molecular complexity index is 654. The van der Waals surface area contributed by atoms with E-state index in [9.17, 15) is 13.6 Å². The molecule has 0 radical (unpaired) electrons. The monoisotopic (exact) mass is 291 g/mol. The topological polar surface area (TPSA) is 68.0 Å². The summed E-state index contributed by atoms with van der Waals surface area (Å²) in [5, 5.41) is 2.64. The maximum atomic E-state index is 13.0. The molecule has 2 rings (SSSR count). The zero-order valence-electron chi connectivity index (χ0n) is 11.5. The summed E-state index contributed by atoms with van der Waals surface area (Å²) in [6.07, 6.45) is 1.72. The second-order valence-corrected chi connectivity index (χ2v) is 4.70. The first-order valence-electron chi connectivity index (χ1n) is 6.41. The highest BCUT2D eigenvalue weighted by atomic mass is 19.1. The molecule has 0 aliphatic heterocycles. The highest BCUT2D eigenvalue weighted by Crippen LogP contribution is 2.11.